The molecular formula is C14H13FN2O4S. The number of benzene rings is 2. The summed E-state index contributed by atoms with van der Waals surface area (Å²) in [6, 6.07) is 10.4. The predicted molar refractivity (Wildman–Crippen MR) is 78.3 cm³/mol. The molecular weight excluding hydrogens is 311 g/mol. The van der Waals surface area contributed by atoms with E-state index in [1.165, 1.54) is 36.4 Å². The van der Waals surface area contributed by atoms with Crippen molar-refractivity contribution >= 4 is 21.6 Å². The van der Waals surface area contributed by atoms with Crippen LogP contribution in [-0.2, 0) is 14.8 Å². The van der Waals surface area contributed by atoms with Crippen LogP contribution in [0.5, 0.6) is 5.75 Å². The van der Waals surface area contributed by atoms with Gasteiger partial charge in [-0.15, -0.1) is 0 Å². The standard InChI is InChI=1S/C14H13FN2O4S/c15-10-1-3-11(4-2-10)17-22(19,20)13-7-5-12(6-8-13)21-9-14(16)18/h1-8,17H,9H2,(H2,16,18). The van der Waals surface area contributed by atoms with Crippen LogP contribution < -0.4 is 15.2 Å². The Kier molecular flexibility index (Phi) is 4.62. The highest BCUT2D eigenvalue weighted by atomic mass is 32.2. The smallest absolute Gasteiger partial charge is 0.261 e. The summed E-state index contributed by atoms with van der Waals surface area (Å²) in [5, 5.41) is 0. The summed E-state index contributed by atoms with van der Waals surface area (Å²) in [6.45, 7) is -0.292. The quantitative estimate of drug-likeness (QED) is 0.841. The Morgan fingerprint density at radius 2 is 1.68 bits per heavy atom. The lowest BCUT2D eigenvalue weighted by molar-refractivity contribution is -0.119. The number of anilines is 1. The number of amides is 1. The second kappa shape index (κ2) is 6.44. The van der Waals surface area contributed by atoms with Gasteiger partial charge in [0.25, 0.3) is 15.9 Å². The molecule has 0 bridgehead atoms. The number of hydrogen-bond acceptors (Lipinski definition) is 4. The molecule has 0 aromatic heterocycles. The van der Waals surface area contributed by atoms with Crippen molar-refractivity contribution in [2.45, 2.75) is 4.90 Å². The van der Waals surface area contributed by atoms with Crippen LogP contribution in [0.25, 0.3) is 0 Å². The van der Waals surface area contributed by atoms with Gasteiger partial charge in [-0.2, -0.15) is 0 Å². The van der Waals surface area contributed by atoms with Crippen molar-refractivity contribution in [3.05, 3.63) is 54.3 Å². The van der Waals surface area contributed by atoms with Crippen LogP contribution in [-0.4, -0.2) is 20.9 Å². The molecule has 2 rings (SSSR count). The molecule has 0 aliphatic heterocycles. The fourth-order valence-electron chi connectivity index (χ4n) is 1.60. The summed E-state index contributed by atoms with van der Waals surface area (Å²) in [6.07, 6.45) is 0. The number of nitrogens with one attached hydrogen (secondary N) is 1. The van der Waals surface area contributed by atoms with E-state index < -0.39 is 21.7 Å². The second-order valence-corrected chi connectivity index (χ2v) is 6.02. The first-order valence-electron chi connectivity index (χ1n) is 6.16. The maximum Gasteiger partial charge on any atom is 0.261 e. The zero-order chi connectivity index (χ0) is 16.2. The largest absolute Gasteiger partial charge is 0.484 e. The Bertz CT molecular complexity index is 758. The van der Waals surface area contributed by atoms with Crippen LogP contribution in [0.2, 0.25) is 0 Å². The molecule has 3 N–H and O–H groups in total. The fraction of sp³-hybridized carbons (Fsp3) is 0.0714. The average Bonchev–Trinajstić information content (AvgIpc) is 2.48. The first-order valence-corrected chi connectivity index (χ1v) is 7.65. The van der Waals surface area contributed by atoms with E-state index in [0.29, 0.717) is 5.75 Å². The van der Waals surface area contributed by atoms with Gasteiger partial charge in [0.05, 0.1) is 4.90 Å². The van der Waals surface area contributed by atoms with Crippen LogP contribution in [0.4, 0.5) is 10.1 Å². The highest BCUT2D eigenvalue weighted by Crippen LogP contribution is 2.19. The summed E-state index contributed by atoms with van der Waals surface area (Å²) < 4.78 is 44.4. The van der Waals surface area contributed by atoms with E-state index in [9.17, 15) is 17.6 Å². The zero-order valence-electron chi connectivity index (χ0n) is 11.3. The van der Waals surface area contributed by atoms with Gasteiger partial charge in [0.2, 0.25) is 0 Å². The SMILES string of the molecule is NC(=O)COc1ccc(S(=O)(=O)Nc2ccc(F)cc2)cc1. The lowest BCUT2D eigenvalue weighted by Crippen LogP contribution is -2.20. The molecule has 0 saturated carbocycles. The molecule has 1 amide bonds. The Labute approximate surface area is 126 Å². The molecule has 0 atom stereocenters. The second-order valence-electron chi connectivity index (χ2n) is 4.34. The molecule has 116 valence electrons. The van der Waals surface area contributed by atoms with Crippen LogP contribution in [0.15, 0.2) is 53.4 Å². The van der Waals surface area contributed by atoms with Crippen molar-refractivity contribution in [2.75, 3.05) is 11.3 Å². The van der Waals surface area contributed by atoms with E-state index in [1.54, 1.807) is 0 Å². The van der Waals surface area contributed by atoms with Crippen molar-refractivity contribution in [2.24, 2.45) is 5.73 Å². The molecule has 6 nitrogen and oxygen atoms in total. The molecule has 0 heterocycles. The summed E-state index contributed by atoms with van der Waals surface area (Å²) in [7, 11) is -3.79. The number of halogens is 1. The Morgan fingerprint density at radius 1 is 1.09 bits per heavy atom. The summed E-state index contributed by atoms with van der Waals surface area (Å²) in [5.74, 6) is -0.770. The third-order valence-electron chi connectivity index (χ3n) is 2.61. The number of carbonyl (C=O) groups is 1. The van der Waals surface area contributed by atoms with Crippen LogP contribution in [0.3, 0.4) is 0 Å². The highest BCUT2D eigenvalue weighted by molar-refractivity contribution is 7.92. The van der Waals surface area contributed by atoms with Gasteiger partial charge in [0.15, 0.2) is 6.61 Å². The molecule has 2 aromatic rings. The van der Waals surface area contributed by atoms with Gasteiger partial charge in [-0.1, -0.05) is 0 Å². The average molecular weight is 324 g/mol. The Hall–Kier alpha value is -2.61. The van der Waals surface area contributed by atoms with Crippen LogP contribution in [0, 0.1) is 5.82 Å². The first-order chi connectivity index (χ1) is 10.4. The number of sulfonamides is 1. The molecule has 0 fully saturated rings. The summed E-state index contributed by atoms with van der Waals surface area (Å²) in [4.78, 5) is 10.6. The topological polar surface area (TPSA) is 98.5 Å². The van der Waals surface area contributed by atoms with Crippen molar-refractivity contribution in [3.8, 4) is 5.75 Å². The van der Waals surface area contributed by atoms with E-state index in [2.05, 4.69) is 4.72 Å². The maximum atomic E-state index is 12.8. The first kappa shape index (κ1) is 15.8. The number of carbonyl (C=O) groups excluding carboxylic acids is 1. The molecule has 0 aliphatic carbocycles. The van der Waals surface area contributed by atoms with E-state index in [4.69, 9.17) is 10.5 Å². The summed E-state index contributed by atoms with van der Waals surface area (Å²) in [5.41, 5.74) is 5.19. The lowest BCUT2D eigenvalue weighted by Gasteiger charge is -2.09. The van der Waals surface area contributed by atoms with Gasteiger partial charge in [-0.3, -0.25) is 9.52 Å². The van der Waals surface area contributed by atoms with E-state index in [0.717, 1.165) is 12.1 Å². The van der Waals surface area contributed by atoms with Crippen LogP contribution in [0.1, 0.15) is 0 Å². The Balaban J connectivity index is 2.12. The lowest BCUT2D eigenvalue weighted by atomic mass is 10.3. The minimum atomic E-state index is -3.79. The van der Waals surface area contributed by atoms with E-state index >= 15 is 0 Å². The van der Waals surface area contributed by atoms with Crippen molar-refractivity contribution in [1.82, 2.24) is 0 Å². The maximum absolute atomic E-state index is 12.8. The van der Waals surface area contributed by atoms with Crippen LogP contribution >= 0.6 is 0 Å². The zero-order valence-corrected chi connectivity index (χ0v) is 12.1. The van der Waals surface area contributed by atoms with Gasteiger partial charge in [-0.25, -0.2) is 12.8 Å². The molecule has 22 heavy (non-hydrogen) atoms. The van der Waals surface area contributed by atoms with E-state index in [-0.39, 0.29) is 17.2 Å². The molecule has 0 saturated heterocycles. The number of ether oxygens (including phenoxy) is 1. The minimum Gasteiger partial charge on any atom is -0.484 e. The minimum absolute atomic E-state index is 0.00301. The molecule has 0 aliphatic rings. The molecule has 0 radical (unpaired) electrons. The molecule has 2 aromatic carbocycles. The van der Waals surface area contributed by atoms with Gasteiger partial charge in [0.1, 0.15) is 11.6 Å². The number of rotatable bonds is 6. The number of primary amides is 1. The van der Waals surface area contributed by atoms with Crippen molar-refractivity contribution in [1.29, 1.82) is 0 Å². The van der Waals surface area contributed by atoms with Gasteiger partial charge in [0, 0.05) is 5.69 Å². The highest BCUT2D eigenvalue weighted by Gasteiger charge is 2.14. The van der Waals surface area contributed by atoms with Gasteiger partial charge < -0.3 is 10.5 Å². The van der Waals surface area contributed by atoms with Gasteiger partial charge in [-0.05, 0) is 48.5 Å². The van der Waals surface area contributed by atoms with Crippen molar-refractivity contribution < 1.29 is 22.3 Å². The third-order valence-corrected chi connectivity index (χ3v) is 4.01. The number of nitrogens with two attached hydrogens (primary N) is 1. The third kappa shape index (κ3) is 4.19. The Morgan fingerprint density at radius 3 is 2.23 bits per heavy atom. The van der Waals surface area contributed by atoms with E-state index in [1.807, 2.05) is 0 Å². The number of hydrogen-bond donors (Lipinski definition) is 2. The normalized spacial score (nSPS) is 11.0. The van der Waals surface area contributed by atoms with Gasteiger partial charge >= 0.3 is 0 Å². The molecule has 8 heteroatoms. The summed E-state index contributed by atoms with van der Waals surface area (Å²) >= 11 is 0. The molecule has 0 unspecified atom stereocenters. The molecule has 0 spiro atoms. The monoisotopic (exact) mass is 324 g/mol. The fourth-order valence-corrected chi connectivity index (χ4v) is 2.66. The van der Waals surface area contributed by atoms with Crippen molar-refractivity contribution in [3.63, 3.8) is 0 Å². The predicted octanol–water partition coefficient (Wildman–Crippen LogP) is 1.49.